The third-order valence-corrected chi connectivity index (χ3v) is 3.75. The van der Waals surface area contributed by atoms with Crippen molar-refractivity contribution in [3.05, 3.63) is 35.9 Å². The smallest absolute Gasteiger partial charge is 0.313 e. The van der Waals surface area contributed by atoms with Gasteiger partial charge >= 0.3 is 6.36 Å². The Hall–Kier alpha value is -1.11. The zero-order chi connectivity index (χ0) is 14.6. The van der Waals surface area contributed by atoms with Gasteiger partial charge in [-0.25, -0.2) is 0 Å². The maximum atomic E-state index is 12.1. The molecular formula is C14H19F3N2O. The van der Waals surface area contributed by atoms with E-state index in [-0.39, 0.29) is 18.7 Å². The normalized spacial score (nSPS) is 24.8. The summed E-state index contributed by atoms with van der Waals surface area (Å²) in [5.41, 5.74) is 0.785. The second-order valence-corrected chi connectivity index (χ2v) is 5.10. The Bertz CT molecular complexity index is 424. The van der Waals surface area contributed by atoms with Crippen molar-refractivity contribution >= 4 is 0 Å². The van der Waals surface area contributed by atoms with Gasteiger partial charge in [-0.05, 0) is 12.5 Å². The zero-order valence-corrected chi connectivity index (χ0v) is 11.4. The van der Waals surface area contributed by atoms with Crippen LogP contribution in [-0.2, 0) is 10.3 Å². The molecule has 1 saturated heterocycles. The minimum Gasteiger partial charge on any atom is -0.313 e. The van der Waals surface area contributed by atoms with Gasteiger partial charge in [-0.2, -0.15) is 0 Å². The molecule has 0 aliphatic carbocycles. The number of halogens is 3. The van der Waals surface area contributed by atoms with E-state index >= 15 is 0 Å². The molecule has 1 N–H and O–H groups in total. The van der Waals surface area contributed by atoms with Gasteiger partial charge in [0.05, 0.1) is 12.1 Å². The van der Waals surface area contributed by atoms with E-state index in [2.05, 4.69) is 10.1 Å². The highest BCUT2D eigenvalue weighted by molar-refractivity contribution is 5.25. The molecule has 1 unspecified atom stereocenters. The van der Waals surface area contributed by atoms with E-state index in [4.69, 9.17) is 0 Å². The number of alkyl halides is 3. The van der Waals surface area contributed by atoms with Gasteiger partial charge in [-0.3, -0.25) is 9.64 Å². The van der Waals surface area contributed by atoms with E-state index in [1.165, 1.54) is 0 Å². The average molecular weight is 288 g/mol. The third kappa shape index (κ3) is 3.71. The number of ether oxygens (including phenoxy) is 1. The first-order valence-corrected chi connectivity index (χ1v) is 6.64. The van der Waals surface area contributed by atoms with E-state index in [1.54, 1.807) is 0 Å². The van der Waals surface area contributed by atoms with E-state index in [1.807, 2.05) is 42.2 Å². The van der Waals surface area contributed by atoms with Gasteiger partial charge in [0.15, 0.2) is 0 Å². The third-order valence-electron chi connectivity index (χ3n) is 3.75. The molecule has 0 spiro atoms. The Balaban J connectivity index is 2.05. The molecule has 1 heterocycles. The fourth-order valence-electron chi connectivity index (χ4n) is 2.62. The van der Waals surface area contributed by atoms with Crippen LogP contribution in [0.5, 0.6) is 0 Å². The average Bonchev–Trinajstić information content (AvgIpc) is 2.41. The van der Waals surface area contributed by atoms with Crippen LogP contribution in [0, 0.1) is 0 Å². The summed E-state index contributed by atoms with van der Waals surface area (Å²) in [4.78, 5) is 2.05. The quantitative estimate of drug-likeness (QED) is 0.920. The highest BCUT2D eigenvalue weighted by atomic mass is 19.4. The molecule has 1 aromatic carbocycles. The summed E-state index contributed by atoms with van der Waals surface area (Å²) >= 11 is 0. The van der Waals surface area contributed by atoms with Gasteiger partial charge in [0.2, 0.25) is 0 Å². The van der Waals surface area contributed by atoms with E-state index in [0.717, 1.165) is 12.1 Å². The lowest BCUT2D eigenvalue weighted by Gasteiger charge is -2.45. The molecule has 2 rings (SSSR count). The van der Waals surface area contributed by atoms with Gasteiger partial charge in [0.25, 0.3) is 0 Å². The lowest BCUT2D eigenvalue weighted by molar-refractivity contribution is -0.325. The highest BCUT2D eigenvalue weighted by Crippen LogP contribution is 2.29. The Labute approximate surface area is 116 Å². The summed E-state index contributed by atoms with van der Waals surface area (Å²) in [5.74, 6) is 0. The zero-order valence-electron chi connectivity index (χ0n) is 11.4. The lowest BCUT2D eigenvalue weighted by Crippen LogP contribution is -2.58. The van der Waals surface area contributed by atoms with Crippen LogP contribution < -0.4 is 5.32 Å². The van der Waals surface area contributed by atoms with Crippen molar-refractivity contribution in [2.45, 2.75) is 18.8 Å². The molecule has 1 atom stereocenters. The van der Waals surface area contributed by atoms with Crippen LogP contribution in [0.25, 0.3) is 0 Å². The molecule has 0 bridgehead atoms. The maximum Gasteiger partial charge on any atom is 0.522 e. The molecule has 20 heavy (non-hydrogen) atoms. The number of piperazine rings is 1. The first kappa shape index (κ1) is 15.3. The van der Waals surface area contributed by atoms with Crippen LogP contribution in [-0.4, -0.2) is 44.0 Å². The van der Waals surface area contributed by atoms with Gasteiger partial charge in [-0.15, -0.1) is 13.2 Å². The number of hydrogen-bond donors (Lipinski definition) is 1. The van der Waals surface area contributed by atoms with Crippen LogP contribution in [0.3, 0.4) is 0 Å². The molecule has 0 aromatic heterocycles. The predicted molar refractivity (Wildman–Crippen MR) is 70.2 cm³/mol. The Morgan fingerprint density at radius 3 is 2.65 bits per heavy atom. The largest absolute Gasteiger partial charge is 0.522 e. The summed E-state index contributed by atoms with van der Waals surface area (Å²) in [6.45, 7) is 4.14. The van der Waals surface area contributed by atoms with Crippen molar-refractivity contribution in [1.82, 2.24) is 10.2 Å². The van der Waals surface area contributed by atoms with Crippen molar-refractivity contribution in [3.8, 4) is 0 Å². The molecule has 1 aliphatic rings. The fraction of sp³-hybridized carbons (Fsp3) is 0.571. The van der Waals surface area contributed by atoms with Crippen LogP contribution in [0.4, 0.5) is 13.2 Å². The Morgan fingerprint density at radius 1 is 1.30 bits per heavy atom. The Morgan fingerprint density at radius 2 is 2.00 bits per heavy atom. The highest BCUT2D eigenvalue weighted by Gasteiger charge is 2.36. The SMILES string of the molecule is CC1(c2ccccc2)CNCCN1CCOC(F)(F)F. The van der Waals surface area contributed by atoms with Crippen LogP contribution >= 0.6 is 0 Å². The summed E-state index contributed by atoms with van der Waals surface area (Å²) in [6, 6.07) is 9.83. The standard InChI is InChI=1S/C14H19F3N2O/c1-13(12-5-3-2-4-6-12)11-18-7-8-19(13)9-10-20-14(15,16)17/h2-6,18H,7-11H2,1H3. The first-order chi connectivity index (χ1) is 9.42. The van der Waals surface area contributed by atoms with Crippen molar-refractivity contribution < 1.29 is 17.9 Å². The molecule has 1 fully saturated rings. The molecule has 112 valence electrons. The molecule has 3 nitrogen and oxygen atoms in total. The van der Waals surface area contributed by atoms with Gasteiger partial charge in [0.1, 0.15) is 0 Å². The Kier molecular flexibility index (Phi) is 4.67. The molecule has 6 heteroatoms. The van der Waals surface area contributed by atoms with Crippen molar-refractivity contribution in [2.24, 2.45) is 0 Å². The van der Waals surface area contributed by atoms with Crippen molar-refractivity contribution in [1.29, 1.82) is 0 Å². The summed E-state index contributed by atoms with van der Waals surface area (Å²) < 4.78 is 40.1. The van der Waals surface area contributed by atoms with Gasteiger partial charge < -0.3 is 5.32 Å². The van der Waals surface area contributed by atoms with Crippen LogP contribution in [0.2, 0.25) is 0 Å². The topological polar surface area (TPSA) is 24.5 Å². The fourth-order valence-corrected chi connectivity index (χ4v) is 2.62. The van der Waals surface area contributed by atoms with Gasteiger partial charge in [0, 0.05) is 26.2 Å². The van der Waals surface area contributed by atoms with Crippen molar-refractivity contribution in [2.75, 3.05) is 32.8 Å². The molecule has 1 aliphatic heterocycles. The lowest BCUT2D eigenvalue weighted by atomic mass is 9.88. The van der Waals surface area contributed by atoms with E-state index in [0.29, 0.717) is 13.1 Å². The minimum atomic E-state index is -4.56. The number of nitrogens with zero attached hydrogens (tertiary/aromatic N) is 1. The molecule has 0 saturated carbocycles. The molecule has 0 radical (unpaired) electrons. The van der Waals surface area contributed by atoms with Crippen LogP contribution in [0.1, 0.15) is 12.5 Å². The monoisotopic (exact) mass is 288 g/mol. The summed E-state index contributed by atoms with van der Waals surface area (Å²) in [7, 11) is 0. The van der Waals surface area contributed by atoms with E-state index in [9.17, 15) is 13.2 Å². The number of benzene rings is 1. The molecule has 0 amide bonds. The van der Waals surface area contributed by atoms with Crippen LogP contribution in [0.15, 0.2) is 30.3 Å². The second kappa shape index (κ2) is 6.11. The predicted octanol–water partition coefficient (Wildman–Crippen LogP) is 2.34. The number of hydrogen-bond acceptors (Lipinski definition) is 3. The molecule has 1 aromatic rings. The van der Waals surface area contributed by atoms with E-state index < -0.39 is 6.36 Å². The first-order valence-electron chi connectivity index (χ1n) is 6.64. The number of nitrogens with one attached hydrogen (secondary N) is 1. The van der Waals surface area contributed by atoms with Crippen molar-refractivity contribution in [3.63, 3.8) is 0 Å². The summed E-state index contributed by atoms with van der Waals surface area (Å²) in [5, 5.41) is 3.31. The van der Waals surface area contributed by atoms with Gasteiger partial charge in [-0.1, -0.05) is 30.3 Å². The summed E-state index contributed by atoms with van der Waals surface area (Å²) in [6.07, 6.45) is -4.56. The molecular weight excluding hydrogens is 269 g/mol. The number of rotatable bonds is 4. The maximum absolute atomic E-state index is 12.1. The second-order valence-electron chi connectivity index (χ2n) is 5.10. The minimum absolute atomic E-state index is 0.257.